The van der Waals surface area contributed by atoms with Crippen LogP contribution in [-0.2, 0) is 14.8 Å². The Morgan fingerprint density at radius 3 is 2.29 bits per heavy atom. The van der Waals surface area contributed by atoms with E-state index in [9.17, 15) is 13.2 Å². The number of carbonyl (C=O) groups is 1. The molecule has 0 bridgehead atoms. The lowest BCUT2D eigenvalue weighted by atomic mass is 10.3. The first-order valence-corrected chi connectivity index (χ1v) is 8.53. The van der Waals surface area contributed by atoms with Crippen LogP contribution in [0.25, 0.3) is 0 Å². The van der Waals surface area contributed by atoms with E-state index in [4.69, 9.17) is 14.0 Å². The number of hydrogen-bond donors (Lipinski definition) is 1. The van der Waals surface area contributed by atoms with Gasteiger partial charge in [0, 0.05) is 0 Å². The van der Waals surface area contributed by atoms with Crippen molar-refractivity contribution in [1.82, 2.24) is 9.88 Å². The van der Waals surface area contributed by atoms with Gasteiger partial charge >= 0.3 is 0 Å². The summed E-state index contributed by atoms with van der Waals surface area (Å²) in [4.78, 5) is 12.0. The zero-order valence-electron chi connectivity index (χ0n) is 13.7. The van der Waals surface area contributed by atoms with Crippen LogP contribution in [-0.4, -0.2) is 32.7 Å². The minimum absolute atomic E-state index is 0.108. The van der Waals surface area contributed by atoms with Crippen molar-refractivity contribution < 1.29 is 27.2 Å². The summed E-state index contributed by atoms with van der Waals surface area (Å²) in [6, 6.07) is 6.57. The summed E-state index contributed by atoms with van der Waals surface area (Å²) in [5, 5.41) is 3.57. The summed E-state index contributed by atoms with van der Waals surface area (Å²) >= 11 is 0. The second kappa shape index (κ2) is 6.91. The quantitative estimate of drug-likeness (QED) is 0.839. The SMILES string of the molecule is COc1ccc(O[C@H](C)C(=O)NS(=O)(=O)c2c(C)noc2C)cc1. The molecule has 0 fully saturated rings. The number of benzene rings is 1. The van der Waals surface area contributed by atoms with E-state index in [2.05, 4.69) is 5.16 Å². The molecule has 1 atom stereocenters. The standard InChI is InChI=1S/C15H18N2O6S/c1-9-14(10(2)23-16-9)24(19,20)17-15(18)11(3)22-13-7-5-12(21-4)6-8-13/h5-8,11H,1-4H3,(H,17,18)/t11-/m1/s1. The molecule has 0 unspecified atom stereocenters. The van der Waals surface area contributed by atoms with Crippen molar-refractivity contribution in [3.63, 3.8) is 0 Å². The van der Waals surface area contributed by atoms with Gasteiger partial charge in [0.15, 0.2) is 16.8 Å². The number of methoxy groups -OCH3 is 1. The second-order valence-electron chi connectivity index (χ2n) is 5.06. The summed E-state index contributed by atoms with van der Waals surface area (Å²) in [7, 11) is -2.55. The number of nitrogens with zero attached hydrogens (tertiary/aromatic N) is 1. The van der Waals surface area contributed by atoms with Gasteiger partial charge in [-0.2, -0.15) is 0 Å². The van der Waals surface area contributed by atoms with Crippen molar-refractivity contribution in [3.05, 3.63) is 35.7 Å². The average molecular weight is 354 g/mol. The van der Waals surface area contributed by atoms with Crippen molar-refractivity contribution in [2.24, 2.45) is 0 Å². The van der Waals surface area contributed by atoms with Crippen molar-refractivity contribution in [2.45, 2.75) is 31.8 Å². The molecule has 1 N–H and O–H groups in total. The number of ether oxygens (including phenoxy) is 2. The summed E-state index contributed by atoms with van der Waals surface area (Å²) in [6.07, 6.45) is -1.02. The van der Waals surface area contributed by atoms with Crippen molar-refractivity contribution >= 4 is 15.9 Å². The molecule has 0 aliphatic rings. The van der Waals surface area contributed by atoms with Crippen LogP contribution in [0.1, 0.15) is 18.4 Å². The van der Waals surface area contributed by atoms with Crippen LogP contribution in [0.2, 0.25) is 0 Å². The molecule has 0 radical (unpaired) electrons. The minimum Gasteiger partial charge on any atom is -0.497 e. The first-order chi connectivity index (χ1) is 11.2. The highest BCUT2D eigenvalue weighted by molar-refractivity contribution is 7.90. The predicted octanol–water partition coefficient (Wildman–Crippen LogP) is 1.57. The fraction of sp³-hybridized carbons (Fsp3) is 0.333. The number of aryl methyl sites for hydroxylation is 2. The molecular formula is C15H18N2O6S. The zero-order valence-corrected chi connectivity index (χ0v) is 14.5. The molecule has 130 valence electrons. The average Bonchev–Trinajstić information content (AvgIpc) is 2.87. The largest absolute Gasteiger partial charge is 0.497 e. The monoisotopic (exact) mass is 354 g/mol. The third-order valence-electron chi connectivity index (χ3n) is 3.21. The number of sulfonamides is 1. The van der Waals surface area contributed by atoms with Crippen molar-refractivity contribution in [2.75, 3.05) is 7.11 Å². The lowest BCUT2D eigenvalue weighted by Gasteiger charge is -2.15. The van der Waals surface area contributed by atoms with Crippen LogP contribution in [0.4, 0.5) is 0 Å². The van der Waals surface area contributed by atoms with E-state index in [1.165, 1.54) is 27.9 Å². The van der Waals surface area contributed by atoms with E-state index in [-0.39, 0.29) is 16.3 Å². The number of aromatic nitrogens is 1. The Labute approximate surface area is 139 Å². The van der Waals surface area contributed by atoms with E-state index < -0.39 is 22.0 Å². The summed E-state index contributed by atoms with van der Waals surface area (Å²) in [6.45, 7) is 4.38. The molecule has 0 aliphatic heterocycles. The maximum Gasteiger partial charge on any atom is 0.274 e. The molecule has 2 aromatic rings. The van der Waals surface area contributed by atoms with Gasteiger partial charge < -0.3 is 14.0 Å². The molecule has 2 rings (SSSR count). The van der Waals surface area contributed by atoms with E-state index >= 15 is 0 Å². The van der Waals surface area contributed by atoms with Gasteiger partial charge in [-0.25, -0.2) is 13.1 Å². The Bertz CT molecular complexity index is 807. The summed E-state index contributed by atoms with van der Waals surface area (Å²) < 4.78 is 41.8. The maximum absolute atomic E-state index is 12.3. The van der Waals surface area contributed by atoms with Crippen LogP contribution in [0, 0.1) is 13.8 Å². The highest BCUT2D eigenvalue weighted by atomic mass is 32.2. The van der Waals surface area contributed by atoms with E-state index in [1.54, 1.807) is 24.3 Å². The lowest BCUT2D eigenvalue weighted by Crippen LogP contribution is -2.40. The van der Waals surface area contributed by atoms with Gasteiger partial charge in [-0.15, -0.1) is 0 Å². The van der Waals surface area contributed by atoms with Crippen LogP contribution >= 0.6 is 0 Å². The molecule has 0 spiro atoms. The van der Waals surface area contributed by atoms with E-state index in [0.29, 0.717) is 11.5 Å². The van der Waals surface area contributed by atoms with E-state index in [1.807, 2.05) is 4.72 Å². The molecule has 0 aliphatic carbocycles. The fourth-order valence-electron chi connectivity index (χ4n) is 2.04. The number of carbonyl (C=O) groups excluding carboxylic acids is 1. The molecule has 1 amide bonds. The first-order valence-electron chi connectivity index (χ1n) is 7.05. The minimum atomic E-state index is -4.08. The molecule has 24 heavy (non-hydrogen) atoms. The third kappa shape index (κ3) is 3.85. The number of amides is 1. The molecule has 0 saturated carbocycles. The normalized spacial score (nSPS) is 12.5. The van der Waals surface area contributed by atoms with Gasteiger partial charge in [0.1, 0.15) is 17.2 Å². The van der Waals surface area contributed by atoms with Gasteiger partial charge in [-0.1, -0.05) is 5.16 Å². The Morgan fingerprint density at radius 1 is 1.21 bits per heavy atom. The Balaban J connectivity index is 2.08. The van der Waals surface area contributed by atoms with Gasteiger partial charge in [0.2, 0.25) is 0 Å². The first kappa shape index (κ1) is 17.8. The van der Waals surface area contributed by atoms with E-state index in [0.717, 1.165) is 0 Å². The molecule has 1 heterocycles. The Morgan fingerprint density at radius 2 is 1.79 bits per heavy atom. The number of nitrogens with one attached hydrogen (secondary N) is 1. The lowest BCUT2D eigenvalue weighted by molar-refractivity contribution is -0.125. The highest BCUT2D eigenvalue weighted by Gasteiger charge is 2.28. The van der Waals surface area contributed by atoms with Crippen LogP contribution < -0.4 is 14.2 Å². The third-order valence-corrected chi connectivity index (χ3v) is 4.80. The highest BCUT2D eigenvalue weighted by Crippen LogP contribution is 2.20. The summed E-state index contributed by atoms with van der Waals surface area (Å²) in [5.74, 6) is 0.357. The molecule has 1 aromatic heterocycles. The van der Waals surface area contributed by atoms with Crippen molar-refractivity contribution in [1.29, 1.82) is 0 Å². The smallest absolute Gasteiger partial charge is 0.274 e. The Kier molecular flexibility index (Phi) is 5.13. The fourth-order valence-corrected chi connectivity index (χ4v) is 3.41. The molecule has 1 aromatic carbocycles. The van der Waals surface area contributed by atoms with Crippen molar-refractivity contribution in [3.8, 4) is 11.5 Å². The van der Waals surface area contributed by atoms with Gasteiger partial charge in [0.05, 0.1) is 7.11 Å². The number of rotatable bonds is 6. The van der Waals surface area contributed by atoms with Gasteiger partial charge in [-0.3, -0.25) is 4.79 Å². The topological polar surface area (TPSA) is 108 Å². The maximum atomic E-state index is 12.3. The van der Waals surface area contributed by atoms with Gasteiger partial charge in [-0.05, 0) is 45.0 Å². The second-order valence-corrected chi connectivity index (χ2v) is 6.68. The van der Waals surface area contributed by atoms with Crippen LogP contribution in [0.3, 0.4) is 0 Å². The molecule has 9 heteroatoms. The van der Waals surface area contributed by atoms with Gasteiger partial charge in [0.25, 0.3) is 15.9 Å². The molecule has 0 saturated heterocycles. The molecular weight excluding hydrogens is 336 g/mol. The summed E-state index contributed by atoms with van der Waals surface area (Å²) in [5.41, 5.74) is 0.177. The van der Waals surface area contributed by atoms with Crippen LogP contribution in [0.15, 0.2) is 33.7 Å². The predicted molar refractivity (Wildman–Crippen MR) is 84.4 cm³/mol. The molecule has 8 nitrogen and oxygen atoms in total. The van der Waals surface area contributed by atoms with Crippen LogP contribution in [0.5, 0.6) is 11.5 Å². The number of hydrogen-bond acceptors (Lipinski definition) is 7. The zero-order chi connectivity index (χ0) is 17.9. The Hall–Kier alpha value is -2.55.